The van der Waals surface area contributed by atoms with E-state index in [1.807, 2.05) is 0 Å². The maximum Gasteiger partial charge on any atom is 0.132 e. The van der Waals surface area contributed by atoms with Crippen LogP contribution in [0.2, 0.25) is 0 Å². The average Bonchev–Trinajstić information content (AvgIpc) is 3.81. The van der Waals surface area contributed by atoms with Crippen molar-refractivity contribution < 1.29 is 4.74 Å². The lowest BCUT2D eigenvalue weighted by molar-refractivity contribution is 0.435. The van der Waals surface area contributed by atoms with Gasteiger partial charge in [-0.15, -0.1) is 0 Å². The van der Waals surface area contributed by atoms with Gasteiger partial charge >= 0.3 is 0 Å². The first kappa shape index (κ1) is 36.4. The molecule has 0 bridgehead atoms. The Morgan fingerprint density at radius 3 is 1.91 bits per heavy atom. The number of para-hydroxylation sites is 3. The van der Waals surface area contributed by atoms with E-state index in [2.05, 4.69) is 242 Å². The van der Waals surface area contributed by atoms with Crippen LogP contribution in [0.25, 0.3) is 60.5 Å². The molecule has 14 rings (SSSR count). The van der Waals surface area contributed by atoms with Crippen molar-refractivity contribution in [2.24, 2.45) is 0 Å². The van der Waals surface area contributed by atoms with Gasteiger partial charge in [-0.1, -0.05) is 172 Å². The third-order valence-electron chi connectivity index (χ3n) is 14.8. The molecule has 10 aromatic carbocycles. The average molecular weight is 831 g/mol. The van der Waals surface area contributed by atoms with Gasteiger partial charge in [0.05, 0.1) is 22.1 Å². The van der Waals surface area contributed by atoms with Crippen molar-refractivity contribution in [2.75, 3.05) is 4.90 Å². The van der Waals surface area contributed by atoms with Gasteiger partial charge in [0.1, 0.15) is 11.5 Å². The van der Waals surface area contributed by atoms with Gasteiger partial charge in [-0.2, -0.15) is 0 Å². The van der Waals surface area contributed by atoms with Crippen LogP contribution in [0.5, 0.6) is 11.5 Å². The molecule has 0 amide bonds. The zero-order valence-electron chi connectivity index (χ0n) is 36.1. The molecule has 3 aliphatic rings. The van der Waals surface area contributed by atoms with Gasteiger partial charge < -0.3 is 14.2 Å². The summed E-state index contributed by atoms with van der Waals surface area (Å²) in [5.41, 5.74) is 18.5. The molecule has 1 unspecified atom stereocenters. The van der Waals surface area contributed by atoms with E-state index in [1.54, 1.807) is 0 Å². The van der Waals surface area contributed by atoms with Crippen LogP contribution in [0.4, 0.5) is 17.1 Å². The van der Waals surface area contributed by atoms with E-state index in [0.29, 0.717) is 0 Å². The predicted octanol–water partition coefficient (Wildman–Crippen LogP) is 16.2. The Labute approximate surface area is 378 Å². The first-order valence-corrected chi connectivity index (χ1v) is 22.7. The molecule has 0 saturated heterocycles. The lowest BCUT2D eigenvalue weighted by atomic mass is 9.58. The van der Waals surface area contributed by atoms with Gasteiger partial charge in [0, 0.05) is 49.9 Å². The number of aromatic nitrogens is 1. The van der Waals surface area contributed by atoms with E-state index in [4.69, 9.17) is 4.74 Å². The van der Waals surface area contributed by atoms with Crippen molar-refractivity contribution in [2.45, 2.75) is 24.7 Å². The van der Waals surface area contributed by atoms with Crippen LogP contribution in [-0.2, 0) is 10.8 Å². The molecule has 3 nitrogen and oxygen atoms in total. The van der Waals surface area contributed by atoms with Crippen molar-refractivity contribution in [1.82, 2.24) is 4.57 Å². The number of anilines is 3. The lowest BCUT2D eigenvalue weighted by Gasteiger charge is -2.45. The third kappa shape index (κ3) is 4.79. The quantitative estimate of drug-likeness (QED) is 0.176. The van der Waals surface area contributed by atoms with Crippen molar-refractivity contribution in [3.63, 3.8) is 0 Å². The first-order valence-electron chi connectivity index (χ1n) is 22.7. The highest BCUT2D eigenvalue weighted by Gasteiger charge is 2.50. The molecule has 1 aromatic heterocycles. The van der Waals surface area contributed by atoms with Gasteiger partial charge in [-0.3, -0.25) is 0 Å². The lowest BCUT2D eigenvalue weighted by Crippen LogP contribution is -2.36. The normalized spacial score (nSPS) is 15.8. The first-order chi connectivity index (χ1) is 32.0. The highest BCUT2D eigenvalue weighted by molar-refractivity contribution is 6.11. The molecule has 2 aliphatic carbocycles. The number of benzene rings is 10. The van der Waals surface area contributed by atoms with E-state index < -0.39 is 5.41 Å². The summed E-state index contributed by atoms with van der Waals surface area (Å²) in [5.74, 6) is 1.75. The van der Waals surface area contributed by atoms with Crippen LogP contribution in [0.3, 0.4) is 0 Å². The Balaban J connectivity index is 1.10. The Bertz CT molecular complexity index is 3800. The van der Waals surface area contributed by atoms with Gasteiger partial charge in [0.25, 0.3) is 0 Å². The summed E-state index contributed by atoms with van der Waals surface area (Å²) in [6.07, 6.45) is 0. The Hall–Kier alpha value is -8.14. The number of nitrogens with zero attached hydrogens (tertiary/aromatic N) is 2. The molecule has 0 N–H and O–H groups in total. The molecule has 0 radical (unpaired) electrons. The maximum atomic E-state index is 7.03. The largest absolute Gasteiger partial charge is 0.457 e. The number of rotatable bonds is 4. The molecule has 0 saturated carbocycles. The Morgan fingerprint density at radius 1 is 0.415 bits per heavy atom. The molecule has 65 heavy (non-hydrogen) atoms. The molecular formula is C62H42N2O. The fraction of sp³-hybridized carbons (Fsp3) is 0.0645. The summed E-state index contributed by atoms with van der Waals surface area (Å²) >= 11 is 0. The maximum absolute atomic E-state index is 7.03. The van der Waals surface area contributed by atoms with Crippen LogP contribution in [0, 0.1) is 0 Å². The summed E-state index contributed by atoms with van der Waals surface area (Å²) < 4.78 is 9.45. The van der Waals surface area contributed by atoms with Crippen molar-refractivity contribution >= 4 is 49.6 Å². The number of ether oxygens (including phenoxy) is 1. The van der Waals surface area contributed by atoms with Crippen LogP contribution in [0.1, 0.15) is 47.2 Å². The monoisotopic (exact) mass is 830 g/mol. The Kier molecular flexibility index (Phi) is 7.38. The second kappa shape index (κ2) is 13.2. The zero-order chi connectivity index (χ0) is 43.0. The minimum Gasteiger partial charge on any atom is -0.457 e. The van der Waals surface area contributed by atoms with Crippen LogP contribution >= 0.6 is 0 Å². The van der Waals surface area contributed by atoms with E-state index in [9.17, 15) is 0 Å². The molecule has 1 atom stereocenters. The number of hydrogen-bond donors (Lipinski definition) is 0. The van der Waals surface area contributed by atoms with E-state index in [-0.39, 0.29) is 5.41 Å². The standard InChI is InChI=1S/C62H42N2O/c1-61(2)48-25-9-7-23-47(48)60-51(61)28-16-31-55(60)63(42-33-35-45-44-22-8-12-30-54(44)64(56(45)38-42)40-19-4-3-5-20-40)41-34-36-58-53(37-41)62(50-27-11-13-32-57(50)65-58)49-26-10-6-21-43(49)46-24-14-17-39-18-15-29-52(62)59(39)46/h3-38H,1-2H3. The van der Waals surface area contributed by atoms with Gasteiger partial charge in [-0.05, 0) is 110 Å². The SMILES string of the molecule is CC1(C)c2ccccc2-c2c(N(c3ccc4c(c3)C3(c5ccccc5O4)c4ccccc4-c4cccc5cccc3c45)c3ccc4c5ccccc5n(-c5ccccc5)c4c3)cccc21. The minimum absolute atomic E-state index is 0.174. The van der Waals surface area contributed by atoms with Crippen molar-refractivity contribution in [1.29, 1.82) is 0 Å². The molecule has 0 fully saturated rings. The molecule has 1 aliphatic heterocycles. The number of hydrogen-bond acceptors (Lipinski definition) is 2. The molecule has 3 heteroatoms. The molecule has 11 aromatic rings. The molecule has 1 spiro atoms. The minimum atomic E-state index is -0.673. The fourth-order valence-corrected chi connectivity index (χ4v) is 12.1. The third-order valence-corrected chi connectivity index (χ3v) is 14.8. The second-order valence-electron chi connectivity index (χ2n) is 18.4. The van der Waals surface area contributed by atoms with Gasteiger partial charge in [0.15, 0.2) is 0 Å². The molecule has 2 heterocycles. The summed E-state index contributed by atoms with van der Waals surface area (Å²) in [7, 11) is 0. The summed E-state index contributed by atoms with van der Waals surface area (Å²) in [6.45, 7) is 4.74. The van der Waals surface area contributed by atoms with E-state index in [0.717, 1.165) is 50.9 Å². The van der Waals surface area contributed by atoms with Gasteiger partial charge in [0.2, 0.25) is 0 Å². The van der Waals surface area contributed by atoms with Gasteiger partial charge in [-0.25, -0.2) is 0 Å². The van der Waals surface area contributed by atoms with Crippen molar-refractivity contribution in [3.8, 4) is 39.4 Å². The second-order valence-corrected chi connectivity index (χ2v) is 18.4. The summed E-state index contributed by atoms with van der Waals surface area (Å²) in [5, 5.41) is 4.98. The topological polar surface area (TPSA) is 17.4 Å². The van der Waals surface area contributed by atoms with Crippen LogP contribution in [-0.4, -0.2) is 4.57 Å². The highest BCUT2D eigenvalue weighted by atomic mass is 16.5. The highest BCUT2D eigenvalue weighted by Crippen LogP contribution is 2.62. The number of fused-ring (bicyclic) bond motifs is 14. The fourth-order valence-electron chi connectivity index (χ4n) is 12.1. The van der Waals surface area contributed by atoms with E-state index in [1.165, 1.54) is 71.6 Å². The van der Waals surface area contributed by atoms with E-state index >= 15 is 0 Å². The van der Waals surface area contributed by atoms with Crippen molar-refractivity contribution in [3.05, 3.63) is 252 Å². The zero-order valence-corrected chi connectivity index (χ0v) is 36.1. The molecular weight excluding hydrogens is 789 g/mol. The Morgan fingerprint density at radius 2 is 1.03 bits per heavy atom. The van der Waals surface area contributed by atoms with Crippen LogP contribution < -0.4 is 9.64 Å². The van der Waals surface area contributed by atoms with Crippen LogP contribution in [0.15, 0.2) is 218 Å². The predicted molar refractivity (Wildman–Crippen MR) is 268 cm³/mol. The summed E-state index contributed by atoms with van der Waals surface area (Å²) in [4.78, 5) is 2.52. The smallest absolute Gasteiger partial charge is 0.132 e. The summed E-state index contributed by atoms with van der Waals surface area (Å²) in [6, 6.07) is 80.8. The molecule has 306 valence electrons.